The standard InChI is InChI=1S/C17H23FN2/c1-13-5-2-3-7-16(13)19-10-12-20-11-9-14-15(18)6-4-8-17(14)20/h4,6,8-9,11,13,16,19H,2-3,5,7,10,12H2,1H3. The fourth-order valence-corrected chi connectivity index (χ4v) is 3.37. The third kappa shape index (κ3) is 2.73. The van der Waals surface area contributed by atoms with Gasteiger partial charge in [0.25, 0.3) is 0 Å². The third-order valence-electron chi connectivity index (χ3n) is 4.63. The predicted octanol–water partition coefficient (Wildman–Crippen LogP) is 3.95. The van der Waals surface area contributed by atoms with Gasteiger partial charge in [0.1, 0.15) is 5.82 Å². The predicted molar refractivity (Wildman–Crippen MR) is 81.3 cm³/mol. The fraction of sp³-hybridized carbons (Fsp3) is 0.529. The summed E-state index contributed by atoms with van der Waals surface area (Å²) < 4.78 is 15.8. The topological polar surface area (TPSA) is 17.0 Å². The van der Waals surface area contributed by atoms with Crippen molar-refractivity contribution in [3.63, 3.8) is 0 Å². The summed E-state index contributed by atoms with van der Waals surface area (Å²) in [5.41, 5.74) is 0.989. The van der Waals surface area contributed by atoms with E-state index in [1.54, 1.807) is 6.07 Å². The van der Waals surface area contributed by atoms with E-state index in [-0.39, 0.29) is 5.82 Å². The highest BCUT2D eigenvalue weighted by Crippen LogP contribution is 2.23. The highest BCUT2D eigenvalue weighted by molar-refractivity contribution is 5.80. The van der Waals surface area contributed by atoms with Crippen molar-refractivity contribution >= 4 is 10.9 Å². The van der Waals surface area contributed by atoms with E-state index in [9.17, 15) is 4.39 Å². The summed E-state index contributed by atoms with van der Waals surface area (Å²) in [6, 6.07) is 7.82. The van der Waals surface area contributed by atoms with Crippen molar-refractivity contribution in [2.24, 2.45) is 5.92 Å². The first-order valence-corrected chi connectivity index (χ1v) is 7.72. The Morgan fingerprint density at radius 2 is 2.10 bits per heavy atom. The van der Waals surface area contributed by atoms with Crippen molar-refractivity contribution in [2.45, 2.75) is 45.2 Å². The first-order valence-electron chi connectivity index (χ1n) is 7.72. The van der Waals surface area contributed by atoms with E-state index in [0.717, 1.165) is 29.9 Å². The molecule has 1 aliphatic rings. The molecule has 1 saturated carbocycles. The van der Waals surface area contributed by atoms with Gasteiger partial charge in [-0.1, -0.05) is 25.8 Å². The van der Waals surface area contributed by atoms with Gasteiger partial charge in [-0.3, -0.25) is 0 Å². The maximum absolute atomic E-state index is 13.6. The van der Waals surface area contributed by atoms with E-state index in [1.165, 1.54) is 31.7 Å². The number of halogens is 1. The molecule has 0 spiro atoms. The van der Waals surface area contributed by atoms with Crippen LogP contribution in [-0.4, -0.2) is 17.2 Å². The molecule has 108 valence electrons. The van der Waals surface area contributed by atoms with E-state index in [0.29, 0.717) is 6.04 Å². The molecule has 2 aromatic rings. The second-order valence-electron chi connectivity index (χ2n) is 6.00. The van der Waals surface area contributed by atoms with Crippen LogP contribution < -0.4 is 5.32 Å². The second-order valence-corrected chi connectivity index (χ2v) is 6.00. The minimum absolute atomic E-state index is 0.130. The monoisotopic (exact) mass is 274 g/mol. The minimum Gasteiger partial charge on any atom is -0.346 e. The molecule has 1 N–H and O–H groups in total. The van der Waals surface area contributed by atoms with Gasteiger partial charge in [0.05, 0.1) is 5.52 Å². The lowest BCUT2D eigenvalue weighted by Gasteiger charge is -2.29. The van der Waals surface area contributed by atoms with Crippen LogP contribution in [0.25, 0.3) is 10.9 Å². The number of fused-ring (bicyclic) bond motifs is 1. The molecule has 0 bridgehead atoms. The van der Waals surface area contributed by atoms with Crippen molar-refractivity contribution in [1.29, 1.82) is 0 Å². The van der Waals surface area contributed by atoms with Gasteiger partial charge in [-0.25, -0.2) is 4.39 Å². The average Bonchev–Trinajstić information content (AvgIpc) is 2.86. The number of rotatable bonds is 4. The van der Waals surface area contributed by atoms with Crippen LogP contribution in [0.1, 0.15) is 32.6 Å². The van der Waals surface area contributed by atoms with Gasteiger partial charge in [-0.05, 0) is 37.0 Å². The summed E-state index contributed by atoms with van der Waals surface area (Å²) in [6.07, 6.45) is 7.35. The fourth-order valence-electron chi connectivity index (χ4n) is 3.37. The summed E-state index contributed by atoms with van der Waals surface area (Å²) in [7, 11) is 0. The van der Waals surface area contributed by atoms with Crippen LogP contribution in [0.4, 0.5) is 4.39 Å². The highest BCUT2D eigenvalue weighted by atomic mass is 19.1. The van der Waals surface area contributed by atoms with Crippen molar-refractivity contribution in [3.05, 3.63) is 36.3 Å². The molecule has 20 heavy (non-hydrogen) atoms. The molecule has 3 rings (SSSR count). The minimum atomic E-state index is -0.130. The summed E-state index contributed by atoms with van der Waals surface area (Å²) >= 11 is 0. The Morgan fingerprint density at radius 3 is 2.95 bits per heavy atom. The molecule has 1 aromatic carbocycles. The van der Waals surface area contributed by atoms with Crippen LogP contribution in [0.5, 0.6) is 0 Å². The van der Waals surface area contributed by atoms with Crippen LogP contribution in [0.3, 0.4) is 0 Å². The van der Waals surface area contributed by atoms with E-state index < -0.39 is 0 Å². The van der Waals surface area contributed by atoms with Crippen LogP contribution in [0, 0.1) is 11.7 Å². The third-order valence-corrected chi connectivity index (χ3v) is 4.63. The van der Waals surface area contributed by atoms with Crippen molar-refractivity contribution in [3.8, 4) is 0 Å². The molecule has 1 heterocycles. The number of nitrogens with one attached hydrogen (secondary N) is 1. The van der Waals surface area contributed by atoms with Gasteiger partial charge in [0, 0.05) is 30.7 Å². The largest absolute Gasteiger partial charge is 0.346 e. The molecule has 0 aliphatic heterocycles. The molecule has 0 amide bonds. The van der Waals surface area contributed by atoms with Crippen LogP contribution in [0.2, 0.25) is 0 Å². The van der Waals surface area contributed by atoms with Crippen LogP contribution in [0.15, 0.2) is 30.5 Å². The van der Waals surface area contributed by atoms with Gasteiger partial charge in [-0.2, -0.15) is 0 Å². The van der Waals surface area contributed by atoms with E-state index >= 15 is 0 Å². The summed E-state index contributed by atoms with van der Waals surface area (Å²) in [4.78, 5) is 0. The first kappa shape index (κ1) is 13.6. The zero-order valence-corrected chi connectivity index (χ0v) is 12.1. The van der Waals surface area contributed by atoms with E-state index in [2.05, 4.69) is 16.8 Å². The Kier molecular flexibility index (Phi) is 4.06. The van der Waals surface area contributed by atoms with Gasteiger partial charge < -0.3 is 9.88 Å². The Bertz CT molecular complexity index is 575. The lowest BCUT2D eigenvalue weighted by Crippen LogP contribution is -2.38. The van der Waals surface area contributed by atoms with Crippen molar-refractivity contribution < 1.29 is 4.39 Å². The molecule has 1 fully saturated rings. The maximum Gasteiger partial charge on any atom is 0.132 e. The zero-order valence-electron chi connectivity index (χ0n) is 12.1. The van der Waals surface area contributed by atoms with Crippen molar-refractivity contribution in [1.82, 2.24) is 9.88 Å². The van der Waals surface area contributed by atoms with Gasteiger partial charge in [0.15, 0.2) is 0 Å². The molecule has 0 radical (unpaired) electrons. The quantitative estimate of drug-likeness (QED) is 0.893. The van der Waals surface area contributed by atoms with E-state index in [4.69, 9.17) is 0 Å². The van der Waals surface area contributed by atoms with Gasteiger partial charge in [0.2, 0.25) is 0 Å². The second kappa shape index (κ2) is 5.96. The van der Waals surface area contributed by atoms with Gasteiger partial charge in [-0.15, -0.1) is 0 Å². The Balaban J connectivity index is 1.61. The summed E-state index contributed by atoms with van der Waals surface area (Å²) in [6.45, 7) is 4.20. The Labute approximate surface area is 120 Å². The number of hydrogen-bond acceptors (Lipinski definition) is 1. The summed E-state index contributed by atoms with van der Waals surface area (Å²) in [5.74, 6) is 0.651. The number of hydrogen-bond donors (Lipinski definition) is 1. The molecular weight excluding hydrogens is 251 g/mol. The van der Waals surface area contributed by atoms with Crippen molar-refractivity contribution in [2.75, 3.05) is 6.54 Å². The average molecular weight is 274 g/mol. The van der Waals surface area contributed by atoms with Crippen LogP contribution >= 0.6 is 0 Å². The SMILES string of the molecule is CC1CCCCC1NCCn1ccc2c(F)cccc21. The maximum atomic E-state index is 13.6. The Morgan fingerprint density at radius 1 is 1.25 bits per heavy atom. The molecule has 2 nitrogen and oxygen atoms in total. The molecule has 1 aromatic heterocycles. The smallest absolute Gasteiger partial charge is 0.132 e. The zero-order chi connectivity index (χ0) is 13.9. The molecule has 2 unspecified atom stereocenters. The molecule has 3 heteroatoms. The lowest BCUT2D eigenvalue weighted by molar-refractivity contribution is 0.279. The van der Waals surface area contributed by atoms with Crippen LogP contribution in [-0.2, 0) is 6.54 Å². The molecule has 2 atom stereocenters. The Hall–Kier alpha value is -1.35. The molecule has 0 saturated heterocycles. The lowest BCUT2D eigenvalue weighted by atomic mass is 9.86. The molecule has 1 aliphatic carbocycles. The van der Waals surface area contributed by atoms with Gasteiger partial charge >= 0.3 is 0 Å². The summed E-state index contributed by atoms with van der Waals surface area (Å²) in [5, 5.41) is 4.40. The number of benzene rings is 1. The number of nitrogens with zero attached hydrogens (tertiary/aromatic N) is 1. The van der Waals surface area contributed by atoms with E-state index in [1.807, 2.05) is 18.3 Å². The number of aromatic nitrogens is 1. The highest BCUT2D eigenvalue weighted by Gasteiger charge is 2.20. The normalized spacial score (nSPS) is 23.3. The first-order chi connectivity index (χ1) is 9.75. The molecular formula is C17H23FN2.